The van der Waals surface area contributed by atoms with Crippen LogP contribution in [-0.4, -0.2) is 40.6 Å². The van der Waals surface area contributed by atoms with Crippen molar-refractivity contribution >= 4 is 11.7 Å². The van der Waals surface area contributed by atoms with E-state index in [1.54, 1.807) is 6.07 Å². The summed E-state index contributed by atoms with van der Waals surface area (Å²) in [4.78, 5) is 14.3. The van der Waals surface area contributed by atoms with Gasteiger partial charge in [0.15, 0.2) is 5.69 Å². The van der Waals surface area contributed by atoms with Crippen molar-refractivity contribution in [2.75, 3.05) is 25.0 Å². The topological polar surface area (TPSA) is 58.1 Å². The molecule has 0 bridgehead atoms. The van der Waals surface area contributed by atoms with Crippen LogP contribution in [0.3, 0.4) is 0 Å². The van der Waals surface area contributed by atoms with Crippen molar-refractivity contribution in [1.29, 1.82) is 0 Å². The minimum Gasteiger partial charge on any atom is -0.369 e. The van der Waals surface area contributed by atoms with Crippen molar-refractivity contribution in [2.45, 2.75) is 51.9 Å². The third-order valence-electron chi connectivity index (χ3n) is 3.86. The first-order valence-electron chi connectivity index (χ1n) is 8.18. The molecule has 5 nitrogen and oxygen atoms in total. The first kappa shape index (κ1) is 15.7. The van der Waals surface area contributed by atoms with Gasteiger partial charge in [0, 0.05) is 19.6 Å². The van der Waals surface area contributed by atoms with Crippen LogP contribution in [0.4, 0.5) is 5.82 Å². The number of hydrogen-bond donors (Lipinski definition) is 1. The molecule has 0 atom stereocenters. The van der Waals surface area contributed by atoms with Gasteiger partial charge in [-0.3, -0.25) is 4.79 Å². The van der Waals surface area contributed by atoms with Crippen LogP contribution in [-0.2, 0) is 0 Å². The molecule has 21 heavy (non-hydrogen) atoms. The molecular formula is C16H26N4O. The summed E-state index contributed by atoms with van der Waals surface area (Å²) in [6, 6.07) is 3.63. The number of unbranched alkanes of at least 4 members (excludes halogenated alkanes) is 2. The Bertz CT molecular complexity index is 424. The largest absolute Gasteiger partial charge is 0.369 e. The predicted molar refractivity (Wildman–Crippen MR) is 84.4 cm³/mol. The maximum atomic E-state index is 12.4. The quantitative estimate of drug-likeness (QED) is 0.818. The van der Waals surface area contributed by atoms with Crippen LogP contribution < -0.4 is 5.32 Å². The molecular weight excluding hydrogens is 264 g/mol. The first-order valence-corrected chi connectivity index (χ1v) is 8.18. The van der Waals surface area contributed by atoms with Gasteiger partial charge in [-0.25, -0.2) is 0 Å². The molecule has 1 N–H and O–H groups in total. The van der Waals surface area contributed by atoms with Crippen LogP contribution in [0.2, 0.25) is 0 Å². The Morgan fingerprint density at radius 2 is 1.90 bits per heavy atom. The van der Waals surface area contributed by atoms with Crippen molar-refractivity contribution in [1.82, 2.24) is 15.1 Å². The second kappa shape index (κ2) is 8.60. The van der Waals surface area contributed by atoms with Gasteiger partial charge in [0.05, 0.1) is 0 Å². The Kier molecular flexibility index (Phi) is 6.44. The Hall–Kier alpha value is -1.65. The van der Waals surface area contributed by atoms with E-state index in [-0.39, 0.29) is 5.91 Å². The number of amides is 1. The van der Waals surface area contributed by atoms with Gasteiger partial charge in [0.1, 0.15) is 5.82 Å². The molecule has 2 rings (SSSR count). The normalized spacial score (nSPS) is 15.6. The van der Waals surface area contributed by atoms with E-state index in [9.17, 15) is 4.79 Å². The number of nitrogens with zero attached hydrogens (tertiary/aromatic N) is 3. The molecule has 2 heterocycles. The Balaban J connectivity index is 1.86. The van der Waals surface area contributed by atoms with Crippen molar-refractivity contribution in [3.05, 3.63) is 17.8 Å². The number of likely N-dealkylation sites (tertiary alicyclic amines) is 1. The fourth-order valence-corrected chi connectivity index (χ4v) is 2.57. The smallest absolute Gasteiger partial charge is 0.274 e. The zero-order valence-electron chi connectivity index (χ0n) is 13.0. The Labute approximate surface area is 127 Å². The summed E-state index contributed by atoms with van der Waals surface area (Å²) < 4.78 is 0. The number of anilines is 1. The number of hydrogen-bond acceptors (Lipinski definition) is 4. The molecule has 0 aromatic carbocycles. The third kappa shape index (κ3) is 4.99. The van der Waals surface area contributed by atoms with Gasteiger partial charge in [-0.1, -0.05) is 32.6 Å². The lowest BCUT2D eigenvalue weighted by atomic mass is 10.2. The van der Waals surface area contributed by atoms with Crippen LogP contribution in [0.15, 0.2) is 12.1 Å². The van der Waals surface area contributed by atoms with E-state index in [1.807, 2.05) is 11.0 Å². The summed E-state index contributed by atoms with van der Waals surface area (Å²) in [7, 11) is 0. The average Bonchev–Trinajstić information content (AvgIpc) is 2.81. The molecule has 1 saturated heterocycles. The number of aromatic nitrogens is 2. The highest BCUT2D eigenvalue weighted by molar-refractivity contribution is 5.92. The Morgan fingerprint density at radius 1 is 1.14 bits per heavy atom. The molecule has 0 aliphatic carbocycles. The lowest BCUT2D eigenvalue weighted by Gasteiger charge is -2.19. The lowest BCUT2D eigenvalue weighted by molar-refractivity contribution is 0.0754. The fourth-order valence-electron chi connectivity index (χ4n) is 2.57. The minimum absolute atomic E-state index is 0.0157. The second-order valence-corrected chi connectivity index (χ2v) is 5.64. The average molecular weight is 290 g/mol. The molecule has 0 saturated carbocycles. The summed E-state index contributed by atoms with van der Waals surface area (Å²) >= 11 is 0. The maximum absolute atomic E-state index is 12.4. The molecule has 1 amide bonds. The first-order chi connectivity index (χ1) is 10.3. The van der Waals surface area contributed by atoms with Gasteiger partial charge in [-0.05, 0) is 31.4 Å². The summed E-state index contributed by atoms with van der Waals surface area (Å²) in [6.45, 7) is 4.78. The van der Waals surface area contributed by atoms with Gasteiger partial charge in [-0.15, -0.1) is 10.2 Å². The zero-order chi connectivity index (χ0) is 14.9. The van der Waals surface area contributed by atoms with Crippen LogP contribution in [0.5, 0.6) is 0 Å². The molecule has 1 aromatic rings. The number of rotatable bonds is 6. The lowest BCUT2D eigenvalue weighted by Crippen LogP contribution is -2.32. The van der Waals surface area contributed by atoms with E-state index in [4.69, 9.17) is 0 Å². The highest BCUT2D eigenvalue weighted by atomic mass is 16.2. The molecule has 1 aliphatic heterocycles. The third-order valence-corrected chi connectivity index (χ3v) is 3.86. The van der Waals surface area contributed by atoms with Gasteiger partial charge in [0.2, 0.25) is 0 Å². The van der Waals surface area contributed by atoms with E-state index in [2.05, 4.69) is 22.4 Å². The number of carbonyl (C=O) groups excluding carboxylic acids is 1. The molecule has 116 valence electrons. The van der Waals surface area contributed by atoms with Crippen LogP contribution in [0.25, 0.3) is 0 Å². The molecule has 1 fully saturated rings. The van der Waals surface area contributed by atoms with E-state index in [0.717, 1.165) is 44.7 Å². The van der Waals surface area contributed by atoms with Crippen molar-refractivity contribution in [2.24, 2.45) is 0 Å². The number of nitrogens with one attached hydrogen (secondary N) is 1. The van der Waals surface area contributed by atoms with Crippen molar-refractivity contribution in [3.63, 3.8) is 0 Å². The van der Waals surface area contributed by atoms with Crippen LogP contribution in [0, 0.1) is 0 Å². The number of carbonyl (C=O) groups is 1. The van der Waals surface area contributed by atoms with E-state index in [1.165, 1.54) is 25.7 Å². The van der Waals surface area contributed by atoms with Crippen LogP contribution >= 0.6 is 0 Å². The molecule has 0 unspecified atom stereocenters. The van der Waals surface area contributed by atoms with Gasteiger partial charge in [-0.2, -0.15) is 0 Å². The maximum Gasteiger partial charge on any atom is 0.274 e. The summed E-state index contributed by atoms with van der Waals surface area (Å²) in [5.41, 5.74) is 0.455. The van der Waals surface area contributed by atoms with E-state index < -0.39 is 0 Å². The predicted octanol–water partition coefficient (Wildman–Crippen LogP) is 3.09. The summed E-state index contributed by atoms with van der Waals surface area (Å²) in [6.07, 6.45) is 8.17. The molecule has 0 spiro atoms. The van der Waals surface area contributed by atoms with Crippen molar-refractivity contribution in [3.8, 4) is 0 Å². The summed E-state index contributed by atoms with van der Waals surface area (Å²) in [5, 5.41) is 11.4. The molecule has 5 heteroatoms. The van der Waals surface area contributed by atoms with Gasteiger partial charge >= 0.3 is 0 Å². The monoisotopic (exact) mass is 290 g/mol. The molecule has 1 aliphatic rings. The van der Waals surface area contributed by atoms with E-state index in [0.29, 0.717) is 5.69 Å². The highest BCUT2D eigenvalue weighted by Gasteiger charge is 2.18. The highest BCUT2D eigenvalue weighted by Crippen LogP contribution is 2.13. The van der Waals surface area contributed by atoms with E-state index >= 15 is 0 Å². The molecule has 1 aromatic heterocycles. The molecule has 0 radical (unpaired) electrons. The minimum atomic E-state index is 0.0157. The fraction of sp³-hybridized carbons (Fsp3) is 0.688. The van der Waals surface area contributed by atoms with Crippen molar-refractivity contribution < 1.29 is 4.79 Å². The second-order valence-electron chi connectivity index (χ2n) is 5.64. The van der Waals surface area contributed by atoms with Crippen LogP contribution in [0.1, 0.15) is 62.4 Å². The van der Waals surface area contributed by atoms with Gasteiger partial charge in [0.25, 0.3) is 5.91 Å². The zero-order valence-corrected chi connectivity index (χ0v) is 13.0. The summed E-state index contributed by atoms with van der Waals surface area (Å²) in [5.74, 6) is 0.764. The Morgan fingerprint density at radius 3 is 2.52 bits per heavy atom. The van der Waals surface area contributed by atoms with Gasteiger partial charge < -0.3 is 10.2 Å². The standard InChI is InChI=1S/C16H26N4O/c1-2-3-6-11-17-15-10-9-14(18-19-15)16(21)20-12-7-4-5-8-13-20/h9-10H,2-8,11-13H2,1H3,(H,17,19). The SMILES string of the molecule is CCCCCNc1ccc(C(=O)N2CCCCCC2)nn1.